The standard InChI is InChI=1S/C10H13ClN2.C8H16O.C5H13N/c1-3-4-9(12)8-6-13-10(11)5-7(8)2;1-2-5-8-6-3-4-7-9-8;1-4-5-6(2)3/h5-6,12H,3-4H2,1-2H3;8H,2-7H2,1H3;4-5H2,1-3H3. The van der Waals surface area contributed by atoms with Gasteiger partial charge < -0.3 is 15.0 Å². The third-order valence-electron chi connectivity index (χ3n) is 4.46. The molecular formula is C23H42ClN3O. The van der Waals surface area contributed by atoms with Crippen LogP contribution in [-0.2, 0) is 4.74 Å². The average Bonchev–Trinajstić information content (AvgIpc) is 2.64. The van der Waals surface area contributed by atoms with Crippen LogP contribution in [0.15, 0.2) is 12.3 Å². The Labute approximate surface area is 178 Å². The number of hydrogen-bond acceptors (Lipinski definition) is 4. The Bertz CT molecular complexity index is 526. The summed E-state index contributed by atoms with van der Waals surface area (Å²) in [6.45, 7) is 10.6. The molecule has 0 aliphatic carbocycles. The predicted octanol–water partition coefficient (Wildman–Crippen LogP) is 6.52. The van der Waals surface area contributed by atoms with Crippen LogP contribution >= 0.6 is 11.6 Å². The molecule has 1 aromatic heterocycles. The molecule has 1 unspecified atom stereocenters. The maximum Gasteiger partial charge on any atom is 0.129 e. The molecule has 1 fully saturated rings. The van der Waals surface area contributed by atoms with Crippen molar-refractivity contribution in [3.05, 3.63) is 28.5 Å². The summed E-state index contributed by atoms with van der Waals surface area (Å²) in [4.78, 5) is 6.15. The van der Waals surface area contributed by atoms with Crippen LogP contribution in [0.25, 0.3) is 0 Å². The zero-order valence-corrected chi connectivity index (χ0v) is 19.7. The Hall–Kier alpha value is -0.970. The van der Waals surface area contributed by atoms with Gasteiger partial charge in [0.15, 0.2) is 0 Å². The highest BCUT2D eigenvalue weighted by molar-refractivity contribution is 6.29. The summed E-state index contributed by atoms with van der Waals surface area (Å²) in [6.07, 6.45) is 11.8. The van der Waals surface area contributed by atoms with Gasteiger partial charge in [0, 0.05) is 24.1 Å². The van der Waals surface area contributed by atoms with E-state index in [-0.39, 0.29) is 0 Å². The third kappa shape index (κ3) is 13.2. The molecule has 162 valence electrons. The molecule has 1 N–H and O–H groups in total. The number of ether oxygens (including phenoxy) is 1. The lowest BCUT2D eigenvalue weighted by atomic mass is 10.0. The first-order chi connectivity index (χ1) is 13.3. The van der Waals surface area contributed by atoms with E-state index in [9.17, 15) is 0 Å². The molecule has 5 heteroatoms. The molecule has 4 nitrogen and oxygen atoms in total. The minimum Gasteiger partial charge on any atom is -0.378 e. The van der Waals surface area contributed by atoms with Crippen LogP contribution in [0.3, 0.4) is 0 Å². The first-order valence-electron chi connectivity index (χ1n) is 10.8. The Morgan fingerprint density at radius 3 is 2.36 bits per heavy atom. The average molecular weight is 412 g/mol. The van der Waals surface area contributed by atoms with E-state index < -0.39 is 0 Å². The van der Waals surface area contributed by atoms with Crippen molar-refractivity contribution in [3.8, 4) is 0 Å². The van der Waals surface area contributed by atoms with Crippen molar-refractivity contribution in [1.82, 2.24) is 9.88 Å². The van der Waals surface area contributed by atoms with E-state index in [0.717, 1.165) is 30.6 Å². The van der Waals surface area contributed by atoms with Gasteiger partial charge in [0.1, 0.15) is 5.15 Å². The fraction of sp³-hybridized carbons (Fsp3) is 0.739. The molecule has 1 atom stereocenters. The summed E-state index contributed by atoms with van der Waals surface area (Å²) >= 11 is 5.72. The van der Waals surface area contributed by atoms with E-state index in [1.165, 1.54) is 45.1 Å². The van der Waals surface area contributed by atoms with Gasteiger partial charge >= 0.3 is 0 Å². The number of nitrogens with zero attached hydrogens (tertiary/aromatic N) is 2. The normalized spacial score (nSPS) is 15.9. The van der Waals surface area contributed by atoms with Crippen molar-refractivity contribution in [2.75, 3.05) is 27.2 Å². The fourth-order valence-electron chi connectivity index (χ4n) is 3.03. The van der Waals surface area contributed by atoms with E-state index in [2.05, 4.69) is 44.8 Å². The van der Waals surface area contributed by atoms with Gasteiger partial charge in [-0.25, -0.2) is 4.98 Å². The Morgan fingerprint density at radius 2 is 1.93 bits per heavy atom. The molecule has 0 saturated carbocycles. The summed E-state index contributed by atoms with van der Waals surface area (Å²) in [5, 5.41) is 8.25. The molecule has 0 spiro atoms. The summed E-state index contributed by atoms with van der Waals surface area (Å²) < 4.78 is 5.52. The van der Waals surface area contributed by atoms with Crippen molar-refractivity contribution in [2.24, 2.45) is 0 Å². The van der Waals surface area contributed by atoms with Gasteiger partial charge in [-0.1, -0.05) is 45.2 Å². The highest BCUT2D eigenvalue weighted by Gasteiger charge is 2.11. The molecule has 0 amide bonds. The van der Waals surface area contributed by atoms with E-state index in [1.54, 1.807) is 12.3 Å². The lowest BCUT2D eigenvalue weighted by molar-refractivity contribution is 0.0109. The SMILES string of the molecule is CCCC(=N)c1cnc(Cl)cc1C.CCCC1CCCCO1.CCCN(C)C. The number of halogens is 1. The van der Waals surface area contributed by atoms with Crippen molar-refractivity contribution in [3.63, 3.8) is 0 Å². The molecule has 0 bridgehead atoms. The van der Waals surface area contributed by atoms with Crippen molar-refractivity contribution in [2.45, 2.75) is 85.2 Å². The lowest BCUT2D eigenvalue weighted by Gasteiger charge is -2.21. The highest BCUT2D eigenvalue weighted by Crippen LogP contribution is 2.16. The van der Waals surface area contributed by atoms with Crippen LogP contribution in [0.1, 0.15) is 83.3 Å². The Balaban J connectivity index is 0.000000423. The predicted molar refractivity (Wildman–Crippen MR) is 123 cm³/mol. The molecule has 28 heavy (non-hydrogen) atoms. The second kappa shape index (κ2) is 16.9. The summed E-state index contributed by atoms with van der Waals surface area (Å²) in [6, 6.07) is 1.79. The molecule has 0 aromatic carbocycles. The number of hydrogen-bond donors (Lipinski definition) is 1. The van der Waals surface area contributed by atoms with Gasteiger partial charge in [-0.3, -0.25) is 0 Å². The van der Waals surface area contributed by atoms with Crippen molar-refractivity contribution < 1.29 is 4.74 Å². The summed E-state index contributed by atoms with van der Waals surface area (Å²) in [5.41, 5.74) is 2.58. The lowest BCUT2D eigenvalue weighted by Crippen LogP contribution is -2.18. The molecule has 1 aliphatic rings. The van der Waals surface area contributed by atoms with Crippen LogP contribution in [-0.4, -0.2) is 48.9 Å². The number of aromatic nitrogens is 1. The second-order valence-corrected chi connectivity index (χ2v) is 8.02. The van der Waals surface area contributed by atoms with Gasteiger partial charge in [0.05, 0.1) is 6.10 Å². The number of aryl methyl sites for hydroxylation is 1. The largest absolute Gasteiger partial charge is 0.378 e. The van der Waals surface area contributed by atoms with E-state index in [4.69, 9.17) is 21.7 Å². The number of rotatable bonds is 7. The first kappa shape index (κ1) is 27.0. The van der Waals surface area contributed by atoms with Gasteiger partial charge in [0.2, 0.25) is 0 Å². The zero-order valence-electron chi connectivity index (χ0n) is 19.0. The van der Waals surface area contributed by atoms with Gasteiger partial charge in [-0.2, -0.15) is 0 Å². The summed E-state index contributed by atoms with van der Waals surface area (Å²) in [7, 11) is 4.17. The molecule has 1 aliphatic heterocycles. The van der Waals surface area contributed by atoms with Crippen LogP contribution in [0, 0.1) is 12.3 Å². The second-order valence-electron chi connectivity index (χ2n) is 7.63. The van der Waals surface area contributed by atoms with Crippen LogP contribution in [0.5, 0.6) is 0 Å². The minimum absolute atomic E-state index is 0.491. The fourth-order valence-corrected chi connectivity index (χ4v) is 3.24. The van der Waals surface area contributed by atoms with Gasteiger partial charge in [-0.05, 0) is 77.7 Å². The Kier molecular flexibility index (Phi) is 16.4. The van der Waals surface area contributed by atoms with Gasteiger partial charge in [-0.15, -0.1) is 0 Å². The third-order valence-corrected chi connectivity index (χ3v) is 4.66. The number of nitrogens with one attached hydrogen (secondary N) is 1. The van der Waals surface area contributed by atoms with Crippen LogP contribution in [0.4, 0.5) is 0 Å². The molecular weight excluding hydrogens is 370 g/mol. The van der Waals surface area contributed by atoms with Crippen LogP contribution < -0.4 is 0 Å². The highest BCUT2D eigenvalue weighted by atomic mass is 35.5. The maximum absolute atomic E-state index is 7.76. The molecule has 1 aromatic rings. The molecule has 0 radical (unpaired) electrons. The minimum atomic E-state index is 0.491. The first-order valence-corrected chi connectivity index (χ1v) is 11.2. The Morgan fingerprint density at radius 1 is 1.21 bits per heavy atom. The van der Waals surface area contributed by atoms with Crippen molar-refractivity contribution in [1.29, 1.82) is 5.41 Å². The smallest absolute Gasteiger partial charge is 0.129 e. The molecule has 2 rings (SSSR count). The van der Waals surface area contributed by atoms with E-state index >= 15 is 0 Å². The van der Waals surface area contributed by atoms with E-state index in [1.807, 2.05) is 6.92 Å². The quantitative estimate of drug-likeness (QED) is 0.410. The summed E-state index contributed by atoms with van der Waals surface area (Å²) in [5.74, 6) is 0. The van der Waals surface area contributed by atoms with Gasteiger partial charge in [0.25, 0.3) is 0 Å². The molecule has 1 saturated heterocycles. The van der Waals surface area contributed by atoms with E-state index in [0.29, 0.717) is 17.0 Å². The van der Waals surface area contributed by atoms with Crippen LogP contribution in [0.2, 0.25) is 5.15 Å². The number of pyridine rings is 1. The maximum atomic E-state index is 7.76. The van der Waals surface area contributed by atoms with Crippen molar-refractivity contribution >= 4 is 17.3 Å². The zero-order chi connectivity index (χ0) is 21.4. The molecule has 2 heterocycles. The topological polar surface area (TPSA) is 49.2 Å². The monoisotopic (exact) mass is 411 g/mol.